The van der Waals surface area contributed by atoms with Crippen LogP contribution in [0.1, 0.15) is 32.1 Å². The smallest absolute Gasteiger partial charge is 0.0824 e. The highest BCUT2D eigenvalue weighted by Gasteiger charge is 2.15. The lowest BCUT2D eigenvalue weighted by Gasteiger charge is -2.24. The van der Waals surface area contributed by atoms with Gasteiger partial charge in [-0.15, -0.1) is 0 Å². The summed E-state index contributed by atoms with van der Waals surface area (Å²) in [5, 5.41) is 6.87. The number of ether oxygens (including phenoxy) is 1. The van der Waals surface area contributed by atoms with E-state index in [1.807, 2.05) is 0 Å². The van der Waals surface area contributed by atoms with Crippen molar-refractivity contribution in [3.63, 3.8) is 0 Å². The van der Waals surface area contributed by atoms with E-state index in [1.165, 1.54) is 38.6 Å². The van der Waals surface area contributed by atoms with Crippen LogP contribution in [0.5, 0.6) is 0 Å². The zero-order valence-electron chi connectivity index (χ0n) is 9.63. The van der Waals surface area contributed by atoms with Crippen molar-refractivity contribution in [1.29, 1.82) is 0 Å². The molecule has 1 saturated heterocycles. The minimum absolute atomic E-state index is 0.391. The lowest BCUT2D eigenvalue weighted by Crippen LogP contribution is -2.44. The molecule has 0 spiro atoms. The van der Waals surface area contributed by atoms with Crippen LogP contribution in [0, 0.1) is 5.92 Å². The fourth-order valence-corrected chi connectivity index (χ4v) is 2.62. The minimum Gasteiger partial charge on any atom is -0.374 e. The summed E-state index contributed by atoms with van der Waals surface area (Å²) in [4.78, 5) is 0. The van der Waals surface area contributed by atoms with E-state index in [1.54, 1.807) is 0 Å². The molecule has 15 heavy (non-hydrogen) atoms. The molecule has 88 valence electrons. The summed E-state index contributed by atoms with van der Waals surface area (Å²) in [5.74, 6) is 1.00. The van der Waals surface area contributed by atoms with E-state index in [2.05, 4.69) is 10.6 Å². The molecule has 3 heteroatoms. The highest BCUT2D eigenvalue weighted by Crippen LogP contribution is 2.26. The Labute approximate surface area is 93.0 Å². The van der Waals surface area contributed by atoms with Crippen molar-refractivity contribution in [3.05, 3.63) is 0 Å². The average Bonchev–Trinajstić information content (AvgIpc) is 2.79. The van der Waals surface area contributed by atoms with Gasteiger partial charge in [-0.3, -0.25) is 0 Å². The molecular weight excluding hydrogens is 188 g/mol. The third-order valence-corrected chi connectivity index (χ3v) is 3.58. The van der Waals surface area contributed by atoms with Gasteiger partial charge in [0.15, 0.2) is 0 Å². The molecule has 1 saturated carbocycles. The van der Waals surface area contributed by atoms with Crippen LogP contribution in [0.3, 0.4) is 0 Å². The molecule has 2 N–H and O–H groups in total. The van der Waals surface area contributed by atoms with Crippen LogP contribution < -0.4 is 10.6 Å². The Bertz CT molecular complexity index is 163. The molecule has 1 heterocycles. The van der Waals surface area contributed by atoms with E-state index in [9.17, 15) is 0 Å². The van der Waals surface area contributed by atoms with Gasteiger partial charge in [0.1, 0.15) is 0 Å². The Hall–Kier alpha value is -0.120. The first-order valence-corrected chi connectivity index (χ1v) is 6.48. The van der Waals surface area contributed by atoms with E-state index in [4.69, 9.17) is 4.74 Å². The van der Waals surface area contributed by atoms with Crippen LogP contribution in [-0.4, -0.2) is 38.9 Å². The van der Waals surface area contributed by atoms with Crippen LogP contribution in [0.15, 0.2) is 0 Å². The van der Waals surface area contributed by atoms with Crippen molar-refractivity contribution >= 4 is 0 Å². The summed E-state index contributed by atoms with van der Waals surface area (Å²) in [5.41, 5.74) is 0. The normalized spacial score (nSPS) is 28.4. The van der Waals surface area contributed by atoms with Gasteiger partial charge >= 0.3 is 0 Å². The zero-order chi connectivity index (χ0) is 10.3. The highest BCUT2D eigenvalue weighted by molar-refractivity contribution is 4.71. The Kier molecular flexibility index (Phi) is 4.90. The molecule has 0 bridgehead atoms. The summed E-state index contributed by atoms with van der Waals surface area (Å²) in [6.45, 7) is 5.08. The van der Waals surface area contributed by atoms with Crippen LogP contribution >= 0.6 is 0 Å². The number of hydrogen-bond donors (Lipinski definition) is 2. The first-order valence-electron chi connectivity index (χ1n) is 6.48. The molecule has 1 unspecified atom stereocenters. The molecule has 2 fully saturated rings. The lowest BCUT2D eigenvalue weighted by atomic mass is 10.0. The molecule has 0 aromatic carbocycles. The average molecular weight is 212 g/mol. The number of hydrogen-bond acceptors (Lipinski definition) is 3. The number of rotatable bonds is 5. The largest absolute Gasteiger partial charge is 0.374 e. The van der Waals surface area contributed by atoms with Gasteiger partial charge in [0.2, 0.25) is 0 Å². The van der Waals surface area contributed by atoms with E-state index in [-0.39, 0.29) is 0 Å². The molecule has 0 amide bonds. The molecule has 1 atom stereocenters. The molecule has 2 aliphatic rings. The monoisotopic (exact) mass is 212 g/mol. The highest BCUT2D eigenvalue weighted by atomic mass is 16.5. The van der Waals surface area contributed by atoms with Crippen molar-refractivity contribution < 1.29 is 4.74 Å². The van der Waals surface area contributed by atoms with E-state index in [0.29, 0.717) is 6.10 Å². The Morgan fingerprint density at radius 2 is 2.13 bits per heavy atom. The maximum Gasteiger partial charge on any atom is 0.0824 e. The van der Waals surface area contributed by atoms with Crippen LogP contribution in [0.25, 0.3) is 0 Å². The third kappa shape index (κ3) is 4.09. The van der Waals surface area contributed by atoms with E-state index < -0.39 is 0 Å². The Balaban J connectivity index is 1.47. The summed E-state index contributed by atoms with van der Waals surface area (Å²) in [6.07, 6.45) is 7.59. The van der Waals surface area contributed by atoms with Gasteiger partial charge in [-0.05, 0) is 18.9 Å². The van der Waals surface area contributed by atoms with Gasteiger partial charge in [-0.2, -0.15) is 0 Å². The Morgan fingerprint density at radius 3 is 2.87 bits per heavy atom. The molecule has 0 radical (unpaired) electrons. The second-order valence-electron chi connectivity index (χ2n) is 4.84. The quantitative estimate of drug-likeness (QED) is 0.671. The van der Waals surface area contributed by atoms with Crippen molar-refractivity contribution in [2.75, 3.05) is 32.8 Å². The molecule has 0 aromatic heterocycles. The molecule has 3 nitrogen and oxygen atoms in total. The van der Waals surface area contributed by atoms with Crippen molar-refractivity contribution in [3.8, 4) is 0 Å². The molecule has 1 aliphatic heterocycles. The summed E-state index contributed by atoms with van der Waals surface area (Å²) < 4.78 is 5.62. The van der Waals surface area contributed by atoms with Gasteiger partial charge in [0, 0.05) is 19.6 Å². The maximum atomic E-state index is 5.62. The van der Waals surface area contributed by atoms with Gasteiger partial charge in [-0.25, -0.2) is 0 Å². The summed E-state index contributed by atoms with van der Waals surface area (Å²) in [7, 11) is 0. The Morgan fingerprint density at radius 1 is 1.27 bits per heavy atom. The van der Waals surface area contributed by atoms with E-state index in [0.717, 1.165) is 32.2 Å². The first-order chi connectivity index (χ1) is 7.45. The number of morpholine rings is 1. The van der Waals surface area contributed by atoms with Crippen LogP contribution in [0.2, 0.25) is 0 Å². The topological polar surface area (TPSA) is 33.3 Å². The fourth-order valence-electron chi connectivity index (χ4n) is 2.62. The molecule has 1 aliphatic carbocycles. The van der Waals surface area contributed by atoms with Gasteiger partial charge < -0.3 is 15.4 Å². The second-order valence-corrected chi connectivity index (χ2v) is 4.84. The molecule has 2 rings (SSSR count). The van der Waals surface area contributed by atoms with Crippen LogP contribution in [0.4, 0.5) is 0 Å². The molecule has 0 aromatic rings. The standard InChI is InChI=1S/C12H24N2O/c1-2-4-11(3-1)5-6-13-9-12-10-14-7-8-15-12/h11-14H,1-10H2. The SMILES string of the molecule is C1CCC(CCNCC2CNCCO2)C1. The predicted octanol–water partition coefficient (Wildman–Crippen LogP) is 1.14. The summed E-state index contributed by atoms with van der Waals surface area (Å²) in [6, 6.07) is 0. The van der Waals surface area contributed by atoms with E-state index >= 15 is 0 Å². The minimum atomic E-state index is 0.391. The number of nitrogens with one attached hydrogen (secondary N) is 2. The van der Waals surface area contributed by atoms with Gasteiger partial charge in [0.05, 0.1) is 12.7 Å². The fraction of sp³-hybridized carbons (Fsp3) is 1.00. The van der Waals surface area contributed by atoms with Gasteiger partial charge in [-0.1, -0.05) is 25.7 Å². The summed E-state index contributed by atoms with van der Waals surface area (Å²) >= 11 is 0. The predicted molar refractivity (Wildman–Crippen MR) is 62.1 cm³/mol. The van der Waals surface area contributed by atoms with Crippen molar-refractivity contribution in [2.24, 2.45) is 5.92 Å². The third-order valence-electron chi connectivity index (χ3n) is 3.58. The van der Waals surface area contributed by atoms with Gasteiger partial charge in [0.25, 0.3) is 0 Å². The lowest BCUT2D eigenvalue weighted by molar-refractivity contribution is 0.0292. The maximum absolute atomic E-state index is 5.62. The van der Waals surface area contributed by atoms with Crippen LogP contribution in [-0.2, 0) is 4.74 Å². The second kappa shape index (κ2) is 6.46. The van der Waals surface area contributed by atoms with Crippen molar-refractivity contribution in [1.82, 2.24) is 10.6 Å². The van der Waals surface area contributed by atoms with Crippen molar-refractivity contribution in [2.45, 2.75) is 38.2 Å². The first kappa shape index (κ1) is 11.4. The zero-order valence-corrected chi connectivity index (χ0v) is 9.63. The molecular formula is C12H24N2O.